The van der Waals surface area contributed by atoms with Crippen molar-refractivity contribution in [1.29, 1.82) is 0 Å². The van der Waals surface area contributed by atoms with Crippen molar-refractivity contribution in [3.05, 3.63) is 15.9 Å². The fourth-order valence-corrected chi connectivity index (χ4v) is 1.49. The van der Waals surface area contributed by atoms with Crippen LogP contribution in [0.15, 0.2) is 0 Å². The van der Waals surface area contributed by atoms with Gasteiger partial charge in [0.25, 0.3) is 5.88 Å². The molecule has 0 unspecified atom stereocenters. The van der Waals surface area contributed by atoms with E-state index in [0.717, 1.165) is 12.8 Å². The highest BCUT2D eigenvalue weighted by atomic mass is 16.6. The zero-order chi connectivity index (χ0) is 14.4. The first-order valence-electron chi connectivity index (χ1n) is 6.38. The quantitative estimate of drug-likeness (QED) is 0.464. The van der Waals surface area contributed by atoms with Gasteiger partial charge in [-0.2, -0.15) is 4.98 Å². The van der Waals surface area contributed by atoms with E-state index in [1.165, 1.54) is 0 Å². The number of aromatic nitrogens is 2. The van der Waals surface area contributed by atoms with E-state index >= 15 is 0 Å². The Morgan fingerprint density at radius 3 is 2.63 bits per heavy atom. The third kappa shape index (κ3) is 4.35. The first kappa shape index (κ1) is 15.1. The van der Waals surface area contributed by atoms with Gasteiger partial charge < -0.3 is 10.1 Å². The van der Waals surface area contributed by atoms with E-state index in [0.29, 0.717) is 12.4 Å². The number of rotatable bonds is 7. The SMILES string of the molecule is CCCCOc1nc(C)nc(NC(C)C)c1[N+](=O)[O-]. The van der Waals surface area contributed by atoms with Crippen LogP contribution in [0.2, 0.25) is 0 Å². The Morgan fingerprint density at radius 1 is 1.42 bits per heavy atom. The predicted molar refractivity (Wildman–Crippen MR) is 72.6 cm³/mol. The molecule has 1 heterocycles. The standard InChI is InChI=1S/C12H20N4O3/c1-5-6-7-19-12-10(16(17)18)11(13-8(2)3)14-9(4)15-12/h8H,5-7H2,1-4H3,(H,13,14,15). The van der Waals surface area contributed by atoms with Gasteiger partial charge in [-0.15, -0.1) is 0 Å². The van der Waals surface area contributed by atoms with Crippen LogP contribution in [0.5, 0.6) is 5.88 Å². The van der Waals surface area contributed by atoms with Crippen LogP contribution in [-0.2, 0) is 0 Å². The Labute approximate surface area is 112 Å². The topological polar surface area (TPSA) is 90.2 Å². The largest absolute Gasteiger partial charge is 0.473 e. The Morgan fingerprint density at radius 2 is 2.11 bits per heavy atom. The third-order valence-electron chi connectivity index (χ3n) is 2.31. The van der Waals surface area contributed by atoms with Crippen LogP contribution >= 0.6 is 0 Å². The summed E-state index contributed by atoms with van der Waals surface area (Å²) in [5.74, 6) is 0.688. The normalized spacial score (nSPS) is 10.6. The van der Waals surface area contributed by atoms with Crippen LogP contribution in [-0.4, -0.2) is 27.5 Å². The maximum atomic E-state index is 11.2. The zero-order valence-electron chi connectivity index (χ0n) is 11.8. The molecule has 0 aliphatic heterocycles. The second kappa shape index (κ2) is 6.86. The monoisotopic (exact) mass is 268 g/mol. The van der Waals surface area contributed by atoms with Gasteiger partial charge in [-0.3, -0.25) is 10.1 Å². The maximum Gasteiger partial charge on any atom is 0.372 e. The molecule has 0 fully saturated rings. The molecule has 0 radical (unpaired) electrons. The van der Waals surface area contributed by atoms with Gasteiger partial charge in [0.2, 0.25) is 5.82 Å². The lowest BCUT2D eigenvalue weighted by Crippen LogP contribution is -2.15. The highest BCUT2D eigenvalue weighted by Crippen LogP contribution is 2.32. The molecular weight excluding hydrogens is 248 g/mol. The van der Waals surface area contributed by atoms with E-state index in [-0.39, 0.29) is 23.4 Å². The molecule has 0 aliphatic carbocycles. The summed E-state index contributed by atoms with van der Waals surface area (Å²) in [4.78, 5) is 18.8. The van der Waals surface area contributed by atoms with Gasteiger partial charge in [-0.1, -0.05) is 13.3 Å². The fourth-order valence-electron chi connectivity index (χ4n) is 1.49. The average Bonchev–Trinajstić information content (AvgIpc) is 2.27. The van der Waals surface area contributed by atoms with E-state index in [1.807, 2.05) is 20.8 Å². The summed E-state index contributed by atoms with van der Waals surface area (Å²) in [5, 5.41) is 14.1. The van der Waals surface area contributed by atoms with Crippen molar-refractivity contribution < 1.29 is 9.66 Å². The molecular formula is C12H20N4O3. The van der Waals surface area contributed by atoms with E-state index in [4.69, 9.17) is 4.74 Å². The summed E-state index contributed by atoms with van der Waals surface area (Å²) in [6.07, 6.45) is 1.78. The lowest BCUT2D eigenvalue weighted by molar-refractivity contribution is -0.385. The van der Waals surface area contributed by atoms with Crippen LogP contribution in [0.25, 0.3) is 0 Å². The van der Waals surface area contributed by atoms with Crippen LogP contribution < -0.4 is 10.1 Å². The molecule has 7 nitrogen and oxygen atoms in total. The summed E-state index contributed by atoms with van der Waals surface area (Å²) >= 11 is 0. The summed E-state index contributed by atoms with van der Waals surface area (Å²) in [7, 11) is 0. The van der Waals surface area contributed by atoms with Crippen LogP contribution in [0, 0.1) is 17.0 Å². The van der Waals surface area contributed by atoms with Crippen molar-refractivity contribution in [1.82, 2.24) is 9.97 Å². The third-order valence-corrected chi connectivity index (χ3v) is 2.31. The van der Waals surface area contributed by atoms with Crippen molar-refractivity contribution >= 4 is 11.5 Å². The van der Waals surface area contributed by atoms with E-state index in [2.05, 4.69) is 15.3 Å². The molecule has 0 saturated heterocycles. The lowest BCUT2D eigenvalue weighted by atomic mass is 10.3. The molecule has 0 aliphatic rings. The van der Waals surface area contributed by atoms with Gasteiger partial charge in [0, 0.05) is 6.04 Å². The first-order chi connectivity index (χ1) is 8.95. The summed E-state index contributed by atoms with van der Waals surface area (Å²) in [5.41, 5.74) is -0.199. The molecule has 0 spiro atoms. The van der Waals surface area contributed by atoms with Gasteiger partial charge >= 0.3 is 5.69 Å². The molecule has 7 heteroatoms. The molecule has 1 aromatic rings. The van der Waals surface area contributed by atoms with Crippen molar-refractivity contribution in [3.8, 4) is 5.88 Å². The lowest BCUT2D eigenvalue weighted by Gasteiger charge is -2.12. The number of aryl methyl sites for hydroxylation is 1. The summed E-state index contributed by atoms with van der Waals surface area (Å²) in [6.45, 7) is 7.89. The first-order valence-corrected chi connectivity index (χ1v) is 6.38. The number of hydrogen-bond donors (Lipinski definition) is 1. The molecule has 0 amide bonds. The second-order valence-corrected chi connectivity index (χ2v) is 4.53. The van der Waals surface area contributed by atoms with E-state index < -0.39 is 4.92 Å². The molecule has 0 atom stereocenters. The van der Waals surface area contributed by atoms with Crippen molar-refractivity contribution in [2.45, 2.75) is 46.6 Å². The number of nitrogens with zero attached hydrogens (tertiary/aromatic N) is 3. The van der Waals surface area contributed by atoms with E-state index in [9.17, 15) is 10.1 Å². The van der Waals surface area contributed by atoms with Gasteiger partial charge in [0.05, 0.1) is 11.5 Å². The molecule has 1 aromatic heterocycles. The maximum absolute atomic E-state index is 11.2. The number of anilines is 1. The Balaban J connectivity index is 3.12. The Bertz CT molecular complexity index is 449. The van der Waals surface area contributed by atoms with Crippen LogP contribution in [0.4, 0.5) is 11.5 Å². The average molecular weight is 268 g/mol. The highest BCUT2D eigenvalue weighted by molar-refractivity contribution is 5.62. The minimum Gasteiger partial charge on any atom is -0.473 e. The number of nitro groups is 1. The fraction of sp³-hybridized carbons (Fsp3) is 0.667. The number of nitrogens with one attached hydrogen (secondary N) is 1. The molecule has 0 saturated carbocycles. The molecule has 0 aromatic carbocycles. The minimum atomic E-state index is -0.508. The summed E-state index contributed by atoms with van der Waals surface area (Å²) < 4.78 is 5.41. The predicted octanol–water partition coefficient (Wildman–Crippen LogP) is 2.69. The van der Waals surface area contributed by atoms with E-state index in [1.54, 1.807) is 6.92 Å². The van der Waals surface area contributed by atoms with Crippen molar-refractivity contribution in [2.24, 2.45) is 0 Å². The molecule has 0 bridgehead atoms. The Hall–Kier alpha value is -1.92. The van der Waals surface area contributed by atoms with Gasteiger partial charge in [-0.25, -0.2) is 4.98 Å². The zero-order valence-corrected chi connectivity index (χ0v) is 11.8. The number of hydrogen-bond acceptors (Lipinski definition) is 6. The number of unbranched alkanes of at least 4 members (excludes halogenated alkanes) is 1. The molecule has 1 N–H and O–H groups in total. The van der Waals surface area contributed by atoms with Gasteiger partial charge in [0.1, 0.15) is 5.82 Å². The smallest absolute Gasteiger partial charge is 0.372 e. The van der Waals surface area contributed by atoms with Crippen molar-refractivity contribution in [2.75, 3.05) is 11.9 Å². The Kier molecular flexibility index (Phi) is 5.47. The summed E-state index contributed by atoms with van der Waals surface area (Å²) in [6, 6.07) is 0.0384. The highest BCUT2D eigenvalue weighted by Gasteiger charge is 2.25. The van der Waals surface area contributed by atoms with Crippen molar-refractivity contribution in [3.63, 3.8) is 0 Å². The minimum absolute atomic E-state index is 0.0362. The molecule has 19 heavy (non-hydrogen) atoms. The second-order valence-electron chi connectivity index (χ2n) is 4.53. The van der Waals surface area contributed by atoms with Crippen LogP contribution in [0.1, 0.15) is 39.4 Å². The van der Waals surface area contributed by atoms with Crippen LogP contribution in [0.3, 0.4) is 0 Å². The molecule has 1 rings (SSSR count). The van der Waals surface area contributed by atoms with Gasteiger partial charge in [-0.05, 0) is 27.2 Å². The van der Waals surface area contributed by atoms with Gasteiger partial charge in [0.15, 0.2) is 0 Å². The molecule has 106 valence electrons. The number of ether oxygens (including phenoxy) is 1.